The zero-order chi connectivity index (χ0) is 24.0. The number of methoxy groups -OCH3 is 1. The van der Waals surface area contributed by atoms with Crippen LogP contribution in [0.5, 0.6) is 5.75 Å². The molecule has 1 saturated carbocycles. The van der Waals surface area contributed by atoms with E-state index in [9.17, 15) is 9.59 Å². The summed E-state index contributed by atoms with van der Waals surface area (Å²) in [5, 5.41) is 12.1. The van der Waals surface area contributed by atoms with Crippen molar-refractivity contribution < 1.29 is 19.4 Å². The molecule has 1 fully saturated rings. The van der Waals surface area contributed by atoms with E-state index in [-0.39, 0.29) is 18.2 Å². The standard InChI is InChI=1S/C27H36N2O4/c1-27(2)14-12-20(13-15-27)23(19-8-10-22(33-3)11-9-19)17-29-25(30)21-6-4-18(5-7-21)16-24(28)26(31)32/h4-11,20,23-24H,12-17,28H2,1-3H3,(H,29,30)(H,31,32). The second-order valence-electron chi connectivity index (χ2n) is 9.94. The van der Waals surface area contributed by atoms with Crippen LogP contribution in [0.1, 0.15) is 66.9 Å². The van der Waals surface area contributed by atoms with Crippen molar-refractivity contribution in [2.45, 2.75) is 57.9 Å². The van der Waals surface area contributed by atoms with E-state index in [1.54, 1.807) is 31.4 Å². The fourth-order valence-electron chi connectivity index (χ4n) is 4.67. The van der Waals surface area contributed by atoms with Gasteiger partial charge in [0.1, 0.15) is 11.8 Å². The number of carbonyl (C=O) groups excluding carboxylic acids is 1. The molecule has 0 bridgehead atoms. The van der Waals surface area contributed by atoms with Gasteiger partial charge in [0.15, 0.2) is 0 Å². The van der Waals surface area contributed by atoms with Crippen LogP contribution >= 0.6 is 0 Å². The molecule has 33 heavy (non-hydrogen) atoms. The van der Waals surface area contributed by atoms with Crippen molar-refractivity contribution in [3.05, 3.63) is 65.2 Å². The molecule has 1 aliphatic rings. The van der Waals surface area contributed by atoms with E-state index in [2.05, 4.69) is 31.3 Å². The Morgan fingerprint density at radius 3 is 2.24 bits per heavy atom. The molecule has 4 N–H and O–H groups in total. The third-order valence-corrected chi connectivity index (χ3v) is 6.97. The number of carboxylic acids is 1. The summed E-state index contributed by atoms with van der Waals surface area (Å²) >= 11 is 0. The lowest BCUT2D eigenvalue weighted by molar-refractivity contribution is -0.138. The van der Waals surface area contributed by atoms with Crippen LogP contribution in [-0.2, 0) is 11.2 Å². The number of carboxylic acid groups (broad SMARTS) is 1. The molecule has 1 amide bonds. The summed E-state index contributed by atoms with van der Waals surface area (Å²) in [6.45, 7) is 5.24. The lowest BCUT2D eigenvalue weighted by atomic mass is 9.68. The molecule has 6 nitrogen and oxygen atoms in total. The number of nitrogens with one attached hydrogen (secondary N) is 1. The maximum absolute atomic E-state index is 12.9. The first-order chi connectivity index (χ1) is 15.7. The van der Waals surface area contributed by atoms with Crippen LogP contribution in [-0.4, -0.2) is 36.7 Å². The average Bonchev–Trinajstić information content (AvgIpc) is 2.80. The molecule has 2 aromatic carbocycles. The van der Waals surface area contributed by atoms with Gasteiger partial charge in [-0.2, -0.15) is 0 Å². The predicted octanol–water partition coefficient (Wildman–Crippen LogP) is 4.38. The van der Waals surface area contributed by atoms with Crippen LogP contribution in [0, 0.1) is 11.3 Å². The van der Waals surface area contributed by atoms with Gasteiger partial charge >= 0.3 is 5.97 Å². The lowest BCUT2D eigenvalue weighted by Crippen LogP contribution is -2.34. The molecule has 0 aliphatic heterocycles. The number of benzene rings is 2. The van der Waals surface area contributed by atoms with Crippen LogP contribution < -0.4 is 15.8 Å². The molecule has 0 heterocycles. The Balaban J connectivity index is 1.68. The van der Waals surface area contributed by atoms with Crippen LogP contribution in [0.3, 0.4) is 0 Å². The predicted molar refractivity (Wildman–Crippen MR) is 130 cm³/mol. The number of carbonyl (C=O) groups is 2. The van der Waals surface area contributed by atoms with Crippen LogP contribution in [0.15, 0.2) is 48.5 Å². The number of amides is 1. The molecule has 2 aromatic rings. The number of ether oxygens (including phenoxy) is 1. The highest BCUT2D eigenvalue weighted by atomic mass is 16.5. The molecule has 2 atom stereocenters. The van der Waals surface area contributed by atoms with E-state index < -0.39 is 12.0 Å². The van der Waals surface area contributed by atoms with Gasteiger partial charge in [0.25, 0.3) is 5.91 Å². The molecule has 178 valence electrons. The summed E-state index contributed by atoms with van der Waals surface area (Å²) in [6, 6.07) is 14.2. The Morgan fingerprint density at radius 2 is 1.70 bits per heavy atom. The van der Waals surface area contributed by atoms with Gasteiger partial charge in [-0.1, -0.05) is 38.1 Å². The van der Waals surface area contributed by atoms with Crippen molar-refractivity contribution in [2.75, 3.05) is 13.7 Å². The fraction of sp³-hybridized carbons (Fsp3) is 0.481. The summed E-state index contributed by atoms with van der Waals surface area (Å²) in [6.07, 6.45) is 4.92. The summed E-state index contributed by atoms with van der Waals surface area (Å²) in [4.78, 5) is 23.8. The zero-order valence-electron chi connectivity index (χ0n) is 19.8. The highest BCUT2D eigenvalue weighted by Gasteiger charge is 2.32. The van der Waals surface area contributed by atoms with Crippen molar-refractivity contribution in [3.63, 3.8) is 0 Å². The number of hydrogen-bond acceptors (Lipinski definition) is 4. The van der Waals surface area contributed by atoms with Gasteiger partial charge in [0.05, 0.1) is 7.11 Å². The number of nitrogens with two attached hydrogens (primary N) is 1. The number of rotatable bonds is 9. The first-order valence-corrected chi connectivity index (χ1v) is 11.7. The van der Waals surface area contributed by atoms with E-state index in [0.29, 0.717) is 23.4 Å². The first kappa shape index (κ1) is 24.8. The topological polar surface area (TPSA) is 102 Å². The van der Waals surface area contributed by atoms with Crippen molar-refractivity contribution >= 4 is 11.9 Å². The fourth-order valence-corrected chi connectivity index (χ4v) is 4.67. The summed E-state index contributed by atoms with van der Waals surface area (Å²) < 4.78 is 5.31. The largest absolute Gasteiger partial charge is 0.497 e. The minimum absolute atomic E-state index is 0.126. The molecule has 0 radical (unpaired) electrons. The quantitative estimate of drug-likeness (QED) is 0.524. The molecule has 0 saturated heterocycles. The van der Waals surface area contributed by atoms with Gasteiger partial charge in [0, 0.05) is 18.0 Å². The first-order valence-electron chi connectivity index (χ1n) is 11.7. The Hall–Kier alpha value is -2.86. The normalized spacial score (nSPS) is 17.7. The highest BCUT2D eigenvalue weighted by molar-refractivity contribution is 5.94. The summed E-state index contributed by atoms with van der Waals surface area (Å²) in [5.74, 6) is 0.427. The van der Waals surface area contributed by atoms with Crippen LogP contribution in [0.25, 0.3) is 0 Å². The Bertz CT molecular complexity index is 928. The lowest BCUT2D eigenvalue weighted by Gasteiger charge is -2.38. The third-order valence-electron chi connectivity index (χ3n) is 6.97. The molecule has 0 spiro atoms. The highest BCUT2D eigenvalue weighted by Crippen LogP contribution is 2.43. The SMILES string of the molecule is COc1ccc(C(CNC(=O)c2ccc(CC(N)C(=O)O)cc2)C2CCC(C)(C)CC2)cc1. The molecular weight excluding hydrogens is 416 g/mol. The Kier molecular flexibility index (Phi) is 8.14. The minimum Gasteiger partial charge on any atom is -0.497 e. The molecule has 0 aromatic heterocycles. The van der Waals surface area contributed by atoms with E-state index in [0.717, 1.165) is 24.2 Å². The summed E-state index contributed by atoms with van der Waals surface area (Å²) in [7, 11) is 1.66. The zero-order valence-corrected chi connectivity index (χ0v) is 19.8. The van der Waals surface area contributed by atoms with E-state index >= 15 is 0 Å². The van der Waals surface area contributed by atoms with Crippen molar-refractivity contribution in [1.29, 1.82) is 0 Å². The minimum atomic E-state index is -1.03. The van der Waals surface area contributed by atoms with E-state index in [1.807, 2.05) is 12.1 Å². The van der Waals surface area contributed by atoms with Gasteiger partial charge in [-0.15, -0.1) is 0 Å². The maximum atomic E-state index is 12.9. The molecular formula is C27H36N2O4. The Labute approximate surface area is 196 Å². The van der Waals surface area contributed by atoms with Gasteiger partial charge in [-0.25, -0.2) is 0 Å². The third kappa shape index (κ3) is 6.81. The second-order valence-corrected chi connectivity index (χ2v) is 9.94. The monoisotopic (exact) mass is 452 g/mol. The smallest absolute Gasteiger partial charge is 0.320 e. The Morgan fingerprint density at radius 1 is 1.09 bits per heavy atom. The molecule has 3 rings (SSSR count). The van der Waals surface area contributed by atoms with E-state index in [4.69, 9.17) is 15.6 Å². The number of aliphatic carboxylic acids is 1. The number of hydrogen-bond donors (Lipinski definition) is 3. The molecule has 6 heteroatoms. The van der Waals surface area contributed by atoms with Gasteiger partial charge in [-0.3, -0.25) is 9.59 Å². The average molecular weight is 453 g/mol. The maximum Gasteiger partial charge on any atom is 0.320 e. The van der Waals surface area contributed by atoms with Crippen molar-refractivity contribution in [1.82, 2.24) is 5.32 Å². The van der Waals surface area contributed by atoms with Gasteiger partial charge < -0.3 is 20.9 Å². The van der Waals surface area contributed by atoms with Gasteiger partial charge in [-0.05, 0) is 78.8 Å². The van der Waals surface area contributed by atoms with E-state index in [1.165, 1.54) is 18.4 Å². The van der Waals surface area contributed by atoms with Gasteiger partial charge in [0.2, 0.25) is 0 Å². The van der Waals surface area contributed by atoms with Crippen LogP contribution in [0.4, 0.5) is 0 Å². The molecule has 2 unspecified atom stereocenters. The molecule has 1 aliphatic carbocycles. The van der Waals surface area contributed by atoms with Crippen molar-refractivity contribution in [3.8, 4) is 5.75 Å². The van der Waals surface area contributed by atoms with Crippen molar-refractivity contribution in [2.24, 2.45) is 17.1 Å². The second kappa shape index (κ2) is 10.8. The van der Waals surface area contributed by atoms with Crippen LogP contribution in [0.2, 0.25) is 0 Å². The summed E-state index contributed by atoms with van der Waals surface area (Å²) in [5.41, 5.74) is 8.56.